The number of hydrogen-bond acceptors (Lipinski definition) is 9. The predicted molar refractivity (Wildman–Crippen MR) is 133 cm³/mol. The molecule has 188 valence electrons. The molecular formula is C26H30FN7O2. The summed E-state index contributed by atoms with van der Waals surface area (Å²) >= 11 is 0. The lowest BCUT2D eigenvalue weighted by atomic mass is 9.82. The summed E-state index contributed by atoms with van der Waals surface area (Å²) in [6.07, 6.45) is 6.61. The van der Waals surface area contributed by atoms with E-state index in [4.69, 9.17) is 4.74 Å². The summed E-state index contributed by atoms with van der Waals surface area (Å²) < 4.78 is 20.8. The van der Waals surface area contributed by atoms with Crippen molar-refractivity contribution in [2.24, 2.45) is 0 Å². The largest absolute Gasteiger partial charge is 0.507 e. The summed E-state index contributed by atoms with van der Waals surface area (Å²) in [4.78, 5) is 6.63. The van der Waals surface area contributed by atoms with Gasteiger partial charge < -0.3 is 20.1 Å². The van der Waals surface area contributed by atoms with Gasteiger partial charge in [0.2, 0.25) is 0 Å². The van der Waals surface area contributed by atoms with E-state index in [-0.39, 0.29) is 23.9 Å². The second-order valence-electron chi connectivity index (χ2n) is 10.0. The third kappa shape index (κ3) is 4.23. The first-order chi connectivity index (χ1) is 17.5. The number of fused-ring (bicyclic) bond motifs is 2. The molecule has 0 amide bonds. The fraction of sp³-hybridized carbons (Fsp3) is 0.500. The Morgan fingerprint density at radius 3 is 2.67 bits per heavy atom. The van der Waals surface area contributed by atoms with Crippen LogP contribution in [0.15, 0.2) is 30.5 Å². The van der Waals surface area contributed by atoms with Gasteiger partial charge in [-0.25, -0.2) is 9.37 Å². The smallest absolute Gasteiger partial charge is 0.185 e. The quantitative estimate of drug-likeness (QED) is 0.534. The van der Waals surface area contributed by atoms with Gasteiger partial charge in [-0.1, -0.05) is 12.5 Å². The highest BCUT2D eigenvalue weighted by Gasteiger charge is 2.46. The Balaban J connectivity index is 1.25. The van der Waals surface area contributed by atoms with Gasteiger partial charge in [0.25, 0.3) is 0 Å². The molecule has 2 aliphatic heterocycles. The third-order valence-electron chi connectivity index (χ3n) is 7.59. The van der Waals surface area contributed by atoms with Gasteiger partial charge in [0.05, 0.1) is 30.6 Å². The van der Waals surface area contributed by atoms with Crippen molar-refractivity contribution >= 4 is 5.82 Å². The number of halogens is 1. The zero-order valence-electron chi connectivity index (χ0n) is 20.4. The summed E-state index contributed by atoms with van der Waals surface area (Å²) in [6.45, 7) is 1.82. The summed E-state index contributed by atoms with van der Waals surface area (Å²) in [5.41, 5.74) is 2.43. The van der Waals surface area contributed by atoms with Crippen LogP contribution in [-0.4, -0.2) is 67.9 Å². The van der Waals surface area contributed by atoms with Crippen LogP contribution in [0.25, 0.3) is 22.6 Å². The lowest BCUT2D eigenvalue weighted by Crippen LogP contribution is -2.62. The average molecular weight is 492 g/mol. The number of methoxy groups -OCH3 is 1. The number of phenols is 1. The lowest BCUT2D eigenvalue weighted by molar-refractivity contribution is 0.104. The van der Waals surface area contributed by atoms with Crippen LogP contribution in [0.5, 0.6) is 11.5 Å². The SMILES string of the molecule is COc1cc(-c2ccc(-c3ncc(N(C4CC4)[C@H]4C[C@@H]5CCC[C@@H](N5)[C@H]4F)nn3)c(O)c2)nnc1C. The Bertz CT molecular complexity index is 1250. The average Bonchev–Trinajstić information content (AvgIpc) is 3.73. The van der Waals surface area contributed by atoms with Crippen molar-refractivity contribution in [1.29, 1.82) is 0 Å². The van der Waals surface area contributed by atoms with Crippen LogP contribution in [0.1, 0.15) is 44.2 Å². The number of aromatic nitrogens is 5. The van der Waals surface area contributed by atoms with E-state index < -0.39 is 6.17 Å². The molecule has 3 aromatic rings. The molecule has 6 rings (SSSR count). The summed E-state index contributed by atoms with van der Waals surface area (Å²) in [6, 6.07) is 7.29. The van der Waals surface area contributed by atoms with Crippen LogP contribution < -0.4 is 15.0 Å². The second-order valence-corrected chi connectivity index (χ2v) is 10.0. The molecule has 3 aliphatic rings. The Hall–Kier alpha value is -3.40. The number of benzene rings is 1. The van der Waals surface area contributed by atoms with Gasteiger partial charge in [0, 0.05) is 29.8 Å². The molecule has 2 saturated heterocycles. The monoisotopic (exact) mass is 491 g/mol. The third-order valence-corrected chi connectivity index (χ3v) is 7.59. The highest BCUT2D eigenvalue weighted by Crippen LogP contribution is 2.39. The summed E-state index contributed by atoms with van der Waals surface area (Å²) in [7, 11) is 1.58. The number of aromatic hydroxyl groups is 1. The molecule has 3 fully saturated rings. The van der Waals surface area contributed by atoms with Crippen LogP contribution in [0, 0.1) is 6.92 Å². The number of alkyl halides is 1. The zero-order valence-corrected chi connectivity index (χ0v) is 20.4. The number of hydrogen-bond donors (Lipinski definition) is 2. The van der Waals surface area contributed by atoms with Crippen molar-refractivity contribution in [3.05, 3.63) is 36.2 Å². The maximum absolute atomic E-state index is 15.5. The van der Waals surface area contributed by atoms with Crippen molar-refractivity contribution in [2.45, 2.75) is 75.8 Å². The summed E-state index contributed by atoms with van der Waals surface area (Å²) in [5.74, 6) is 1.55. The highest BCUT2D eigenvalue weighted by molar-refractivity contribution is 5.71. The number of piperidine rings is 2. The number of phenolic OH excluding ortho intramolecular Hbond substituents is 1. The van der Waals surface area contributed by atoms with Gasteiger partial charge in [0.1, 0.15) is 23.4 Å². The number of nitrogens with one attached hydrogen (secondary N) is 1. The molecule has 1 aromatic carbocycles. The minimum absolute atomic E-state index is 0.0115. The van der Waals surface area contributed by atoms with Crippen molar-refractivity contribution < 1.29 is 14.2 Å². The Morgan fingerprint density at radius 1 is 1.08 bits per heavy atom. The van der Waals surface area contributed by atoms with Crippen molar-refractivity contribution in [1.82, 2.24) is 30.7 Å². The summed E-state index contributed by atoms with van der Waals surface area (Å²) in [5, 5.41) is 31.3. The number of rotatable bonds is 6. The fourth-order valence-electron chi connectivity index (χ4n) is 5.60. The fourth-order valence-corrected chi connectivity index (χ4v) is 5.60. The van der Waals surface area contributed by atoms with Crippen LogP contribution in [-0.2, 0) is 0 Å². The first-order valence-corrected chi connectivity index (χ1v) is 12.6. The first kappa shape index (κ1) is 23.0. The molecule has 1 aliphatic carbocycles. The van der Waals surface area contributed by atoms with E-state index in [1.807, 2.05) is 13.0 Å². The van der Waals surface area contributed by atoms with Gasteiger partial charge in [-0.2, -0.15) is 5.10 Å². The maximum Gasteiger partial charge on any atom is 0.185 e. The second kappa shape index (κ2) is 9.24. The Kier molecular flexibility index (Phi) is 5.91. The molecule has 0 unspecified atom stereocenters. The molecule has 0 radical (unpaired) electrons. The van der Waals surface area contributed by atoms with Crippen LogP contribution in [0.2, 0.25) is 0 Å². The number of anilines is 1. The van der Waals surface area contributed by atoms with E-state index in [9.17, 15) is 5.11 Å². The first-order valence-electron chi connectivity index (χ1n) is 12.6. The van der Waals surface area contributed by atoms with Crippen molar-refractivity contribution in [2.75, 3.05) is 12.0 Å². The van der Waals surface area contributed by atoms with E-state index >= 15 is 4.39 Å². The zero-order chi connectivity index (χ0) is 24.8. The van der Waals surface area contributed by atoms with E-state index in [1.54, 1.807) is 31.5 Å². The van der Waals surface area contributed by atoms with E-state index in [2.05, 4.69) is 35.6 Å². The number of ether oxygens (including phenoxy) is 1. The molecule has 0 spiro atoms. The highest BCUT2D eigenvalue weighted by atomic mass is 19.1. The molecule has 2 bridgehead atoms. The molecule has 2 N–H and O–H groups in total. The molecule has 9 nitrogen and oxygen atoms in total. The minimum Gasteiger partial charge on any atom is -0.507 e. The van der Waals surface area contributed by atoms with Gasteiger partial charge in [-0.05, 0) is 51.2 Å². The lowest BCUT2D eigenvalue weighted by Gasteiger charge is -2.47. The molecule has 1 saturated carbocycles. The van der Waals surface area contributed by atoms with Crippen molar-refractivity contribution in [3.8, 4) is 34.1 Å². The molecule has 2 aromatic heterocycles. The van der Waals surface area contributed by atoms with Crippen molar-refractivity contribution in [3.63, 3.8) is 0 Å². The molecule has 4 atom stereocenters. The normalized spacial score (nSPS) is 25.4. The van der Waals surface area contributed by atoms with Crippen LogP contribution in [0.4, 0.5) is 10.2 Å². The maximum atomic E-state index is 15.5. The van der Waals surface area contributed by atoms with Gasteiger partial charge in [-0.3, -0.25) is 0 Å². The van der Waals surface area contributed by atoms with E-state index in [0.29, 0.717) is 45.9 Å². The molecular weight excluding hydrogens is 461 g/mol. The Labute approximate surface area is 209 Å². The van der Waals surface area contributed by atoms with Gasteiger partial charge >= 0.3 is 0 Å². The standard InChI is InChI=1S/C26H30FN7O2/c1-14-23(36-2)12-20(31-30-14)15-6-9-18(22(35)10-15)26-28-13-24(32-33-26)34(17-7-8-17)21-11-16-4-3-5-19(29-16)25(21)27/h6,9-10,12-13,16-17,19,21,25,29,35H,3-5,7-8,11H2,1-2H3/t16-,19+,21-,25+/m0/s1. The topological polar surface area (TPSA) is 109 Å². The van der Waals surface area contributed by atoms with Gasteiger partial charge in [0.15, 0.2) is 11.6 Å². The molecule has 36 heavy (non-hydrogen) atoms. The van der Waals surface area contributed by atoms with E-state index in [0.717, 1.165) is 38.5 Å². The number of aryl methyl sites for hydroxylation is 1. The van der Waals surface area contributed by atoms with Gasteiger partial charge in [-0.15, -0.1) is 15.3 Å². The van der Waals surface area contributed by atoms with Crippen LogP contribution in [0.3, 0.4) is 0 Å². The van der Waals surface area contributed by atoms with Crippen LogP contribution >= 0.6 is 0 Å². The predicted octanol–water partition coefficient (Wildman–Crippen LogP) is 3.61. The minimum atomic E-state index is -0.941. The molecule has 10 heteroatoms. The van der Waals surface area contributed by atoms with E-state index in [1.165, 1.54) is 0 Å². The molecule has 4 heterocycles. The number of nitrogens with zero attached hydrogens (tertiary/aromatic N) is 6. The Morgan fingerprint density at radius 2 is 1.94 bits per heavy atom.